The van der Waals surface area contributed by atoms with Gasteiger partial charge in [-0.05, 0) is 41.5 Å². The summed E-state index contributed by atoms with van der Waals surface area (Å²) in [4.78, 5) is 3.13. The zero-order valence-corrected chi connectivity index (χ0v) is 11.4. The topological polar surface area (TPSA) is 39.6 Å². The number of hydrogen-bond acceptors (Lipinski definition) is 1. The molecule has 0 fully saturated rings. The van der Waals surface area contributed by atoms with Crippen LogP contribution < -0.4 is 0 Å². The van der Waals surface area contributed by atoms with E-state index < -0.39 is 11.7 Å². The van der Waals surface area contributed by atoms with Crippen LogP contribution in [0, 0.1) is 11.3 Å². The summed E-state index contributed by atoms with van der Waals surface area (Å²) in [6.07, 6.45) is -4.03. The molecule has 0 amide bonds. The molecule has 0 bridgehead atoms. The van der Waals surface area contributed by atoms with Gasteiger partial charge < -0.3 is 4.98 Å². The van der Waals surface area contributed by atoms with E-state index in [9.17, 15) is 13.2 Å². The summed E-state index contributed by atoms with van der Waals surface area (Å²) in [5.41, 5.74) is 2.62. The van der Waals surface area contributed by atoms with E-state index in [1.54, 1.807) is 0 Å². The maximum atomic E-state index is 12.6. The average Bonchev–Trinajstić information content (AvgIpc) is 2.88. The second-order valence-corrected chi connectivity index (χ2v) is 5.01. The van der Waals surface area contributed by atoms with Crippen molar-refractivity contribution in [1.29, 1.82) is 5.26 Å². The highest BCUT2D eigenvalue weighted by atomic mass is 19.4. The monoisotopic (exact) mass is 300 g/mol. The molecule has 0 saturated carbocycles. The number of nitriles is 1. The fourth-order valence-electron chi connectivity index (χ4n) is 2.40. The van der Waals surface area contributed by atoms with Gasteiger partial charge in [-0.25, -0.2) is 0 Å². The quantitative estimate of drug-likeness (QED) is 0.717. The predicted octanol–water partition coefficient (Wildman–Crippen LogP) is 4.92. The number of nitrogens with one attached hydrogen (secondary N) is 1. The molecule has 1 N–H and O–H groups in total. The predicted molar refractivity (Wildman–Crippen MR) is 78.1 cm³/mol. The molecule has 22 heavy (non-hydrogen) atoms. The molecule has 2 aromatic carbocycles. The molecule has 2 nitrogen and oxygen atoms in total. The fourth-order valence-corrected chi connectivity index (χ4v) is 2.40. The van der Waals surface area contributed by atoms with Crippen molar-refractivity contribution < 1.29 is 13.2 Å². The first-order valence-electron chi connectivity index (χ1n) is 6.63. The molecule has 0 saturated heterocycles. The van der Waals surface area contributed by atoms with Crippen LogP contribution in [0.15, 0.2) is 48.5 Å². The summed E-state index contributed by atoms with van der Waals surface area (Å²) in [6, 6.07) is 14.7. The largest absolute Gasteiger partial charge is 0.416 e. The van der Waals surface area contributed by atoms with Gasteiger partial charge in [-0.15, -0.1) is 0 Å². The smallest absolute Gasteiger partial charge is 0.358 e. The molecule has 0 aliphatic rings. The number of H-pyrrole nitrogens is 1. The molecule has 0 aliphatic carbocycles. The second-order valence-electron chi connectivity index (χ2n) is 5.01. The van der Waals surface area contributed by atoms with Gasteiger partial charge in [0.15, 0.2) is 0 Å². The normalized spacial score (nSPS) is 11.5. The highest BCUT2D eigenvalue weighted by Crippen LogP contribution is 2.31. The van der Waals surface area contributed by atoms with Crippen molar-refractivity contribution in [3.63, 3.8) is 0 Å². The van der Waals surface area contributed by atoms with Gasteiger partial charge in [0.1, 0.15) is 0 Å². The standard InChI is InChI=1S/C17H11F3N2/c18-17(19,20)14-4-1-11(2-5-14)12-3-6-16-13(9-12)10-15(22-16)7-8-21/h1-6,9-10,22H,7H2. The van der Waals surface area contributed by atoms with E-state index in [4.69, 9.17) is 5.26 Å². The van der Waals surface area contributed by atoms with E-state index in [2.05, 4.69) is 11.1 Å². The molecule has 0 atom stereocenters. The van der Waals surface area contributed by atoms with Crippen molar-refractivity contribution in [2.45, 2.75) is 12.6 Å². The molecule has 1 aromatic heterocycles. The minimum Gasteiger partial charge on any atom is -0.358 e. The first-order valence-corrected chi connectivity index (χ1v) is 6.63. The molecular formula is C17H11F3N2. The Bertz CT molecular complexity index is 852. The van der Waals surface area contributed by atoms with E-state index >= 15 is 0 Å². The Morgan fingerprint density at radius 3 is 2.27 bits per heavy atom. The lowest BCUT2D eigenvalue weighted by atomic mass is 10.0. The maximum absolute atomic E-state index is 12.6. The van der Waals surface area contributed by atoms with Crippen LogP contribution in [0.3, 0.4) is 0 Å². The minimum atomic E-state index is -4.32. The lowest BCUT2D eigenvalue weighted by molar-refractivity contribution is -0.137. The van der Waals surface area contributed by atoms with Crippen LogP contribution in [0.4, 0.5) is 13.2 Å². The average molecular weight is 300 g/mol. The van der Waals surface area contributed by atoms with E-state index in [-0.39, 0.29) is 0 Å². The molecule has 0 unspecified atom stereocenters. The Balaban J connectivity index is 1.97. The molecule has 110 valence electrons. The number of alkyl halides is 3. The highest BCUT2D eigenvalue weighted by molar-refractivity contribution is 5.86. The Kier molecular flexibility index (Phi) is 3.38. The van der Waals surface area contributed by atoms with Gasteiger partial charge in [-0.1, -0.05) is 18.2 Å². The van der Waals surface area contributed by atoms with Gasteiger partial charge >= 0.3 is 6.18 Å². The number of aromatic amines is 1. The van der Waals surface area contributed by atoms with Crippen molar-refractivity contribution in [1.82, 2.24) is 4.98 Å². The Hall–Kier alpha value is -2.74. The van der Waals surface area contributed by atoms with Crippen LogP contribution in [0.2, 0.25) is 0 Å². The lowest BCUT2D eigenvalue weighted by Crippen LogP contribution is -2.03. The third-order valence-corrected chi connectivity index (χ3v) is 3.49. The van der Waals surface area contributed by atoms with Crippen molar-refractivity contribution in [2.75, 3.05) is 0 Å². The molecule has 0 radical (unpaired) electrons. The maximum Gasteiger partial charge on any atom is 0.416 e. The number of rotatable bonds is 2. The van der Waals surface area contributed by atoms with Crippen LogP contribution in [-0.2, 0) is 12.6 Å². The van der Waals surface area contributed by atoms with Crippen LogP contribution >= 0.6 is 0 Å². The van der Waals surface area contributed by atoms with Gasteiger partial charge in [-0.2, -0.15) is 18.4 Å². The summed E-state index contributed by atoms with van der Waals surface area (Å²) in [5, 5.41) is 9.64. The summed E-state index contributed by atoms with van der Waals surface area (Å²) in [6.45, 7) is 0. The summed E-state index contributed by atoms with van der Waals surface area (Å²) >= 11 is 0. The van der Waals surface area contributed by atoms with E-state index in [0.29, 0.717) is 6.42 Å². The number of hydrogen-bond donors (Lipinski definition) is 1. The third kappa shape index (κ3) is 2.68. The van der Waals surface area contributed by atoms with Crippen molar-refractivity contribution in [2.24, 2.45) is 0 Å². The van der Waals surface area contributed by atoms with E-state index in [1.807, 2.05) is 24.3 Å². The minimum absolute atomic E-state index is 0.296. The van der Waals surface area contributed by atoms with E-state index in [1.165, 1.54) is 12.1 Å². The van der Waals surface area contributed by atoms with Crippen LogP contribution in [0.25, 0.3) is 22.0 Å². The number of halogens is 3. The Labute approximate surface area is 124 Å². The first-order chi connectivity index (χ1) is 10.5. The zero-order chi connectivity index (χ0) is 15.7. The lowest BCUT2D eigenvalue weighted by Gasteiger charge is -2.08. The number of benzene rings is 2. The van der Waals surface area contributed by atoms with Gasteiger partial charge in [-0.3, -0.25) is 0 Å². The molecule has 0 aliphatic heterocycles. The van der Waals surface area contributed by atoms with Crippen LogP contribution in [0.1, 0.15) is 11.3 Å². The molecule has 3 rings (SSSR count). The molecular weight excluding hydrogens is 289 g/mol. The van der Waals surface area contributed by atoms with Crippen LogP contribution in [0.5, 0.6) is 0 Å². The fraction of sp³-hybridized carbons (Fsp3) is 0.118. The van der Waals surface area contributed by atoms with Gasteiger partial charge in [0.2, 0.25) is 0 Å². The number of fused-ring (bicyclic) bond motifs is 1. The first kappa shape index (κ1) is 14.2. The SMILES string of the molecule is N#CCc1cc2cc(-c3ccc(C(F)(F)F)cc3)ccc2[nH]1. The highest BCUT2D eigenvalue weighted by Gasteiger charge is 2.29. The van der Waals surface area contributed by atoms with Crippen LogP contribution in [-0.4, -0.2) is 4.98 Å². The number of nitrogens with zero attached hydrogens (tertiary/aromatic N) is 1. The Morgan fingerprint density at radius 1 is 0.955 bits per heavy atom. The van der Waals surface area contributed by atoms with Gasteiger partial charge in [0, 0.05) is 16.6 Å². The molecule has 5 heteroatoms. The van der Waals surface area contributed by atoms with Crippen molar-refractivity contribution >= 4 is 10.9 Å². The molecule has 3 aromatic rings. The summed E-state index contributed by atoms with van der Waals surface area (Å²) < 4.78 is 37.7. The van der Waals surface area contributed by atoms with Crippen molar-refractivity contribution in [3.8, 4) is 17.2 Å². The number of aromatic nitrogens is 1. The third-order valence-electron chi connectivity index (χ3n) is 3.49. The Morgan fingerprint density at radius 2 is 1.64 bits per heavy atom. The van der Waals surface area contributed by atoms with Gasteiger partial charge in [0.25, 0.3) is 0 Å². The zero-order valence-electron chi connectivity index (χ0n) is 11.4. The summed E-state index contributed by atoms with van der Waals surface area (Å²) in [7, 11) is 0. The molecule has 1 heterocycles. The summed E-state index contributed by atoms with van der Waals surface area (Å²) in [5.74, 6) is 0. The van der Waals surface area contributed by atoms with E-state index in [0.717, 1.165) is 39.9 Å². The second kappa shape index (κ2) is 5.23. The van der Waals surface area contributed by atoms with Gasteiger partial charge in [0.05, 0.1) is 18.1 Å². The molecule has 0 spiro atoms. The van der Waals surface area contributed by atoms with Crippen molar-refractivity contribution in [3.05, 3.63) is 59.8 Å².